The van der Waals surface area contributed by atoms with E-state index in [0.29, 0.717) is 6.04 Å². The zero-order valence-electron chi connectivity index (χ0n) is 9.75. The number of hydrogen-bond donors (Lipinski definition) is 1. The van der Waals surface area contributed by atoms with E-state index in [1.54, 1.807) is 0 Å². The monoisotopic (exact) mass is 222 g/mol. The van der Waals surface area contributed by atoms with Crippen LogP contribution >= 0.6 is 0 Å². The third kappa shape index (κ3) is 3.03. The van der Waals surface area contributed by atoms with E-state index in [9.17, 15) is 4.39 Å². The normalized spacial score (nSPS) is 22.2. The van der Waals surface area contributed by atoms with E-state index in [0.717, 1.165) is 32.6 Å². The van der Waals surface area contributed by atoms with Crippen LogP contribution in [0.5, 0.6) is 0 Å². The molecule has 1 aromatic rings. The lowest BCUT2D eigenvalue weighted by molar-refractivity contribution is 0.176. The molecule has 1 aliphatic rings. The Balaban J connectivity index is 1.84. The lowest BCUT2D eigenvalue weighted by Gasteiger charge is -2.33. The SMILES string of the molecule is CC1CNCCN1CCc1ccc(F)cc1. The van der Waals surface area contributed by atoms with Crippen LogP contribution in [-0.4, -0.2) is 37.1 Å². The number of rotatable bonds is 3. The Bertz CT molecular complexity index is 323. The van der Waals surface area contributed by atoms with Crippen LogP contribution in [0.3, 0.4) is 0 Å². The van der Waals surface area contributed by atoms with Gasteiger partial charge in [-0.1, -0.05) is 12.1 Å². The van der Waals surface area contributed by atoms with Gasteiger partial charge in [0.2, 0.25) is 0 Å². The predicted octanol–water partition coefficient (Wildman–Crippen LogP) is 1.66. The Morgan fingerprint density at radius 3 is 2.81 bits per heavy atom. The molecule has 0 aromatic heterocycles. The van der Waals surface area contributed by atoms with Gasteiger partial charge in [0, 0.05) is 32.2 Å². The van der Waals surface area contributed by atoms with Gasteiger partial charge in [0.15, 0.2) is 0 Å². The van der Waals surface area contributed by atoms with Crippen LogP contribution in [0.15, 0.2) is 24.3 Å². The van der Waals surface area contributed by atoms with E-state index in [4.69, 9.17) is 0 Å². The molecule has 1 N–H and O–H groups in total. The number of benzene rings is 1. The molecule has 2 nitrogen and oxygen atoms in total. The van der Waals surface area contributed by atoms with Crippen molar-refractivity contribution in [1.82, 2.24) is 10.2 Å². The fraction of sp³-hybridized carbons (Fsp3) is 0.538. The van der Waals surface area contributed by atoms with Crippen LogP contribution < -0.4 is 5.32 Å². The summed E-state index contributed by atoms with van der Waals surface area (Å²) in [4.78, 5) is 2.49. The number of nitrogens with one attached hydrogen (secondary N) is 1. The number of halogens is 1. The van der Waals surface area contributed by atoms with Gasteiger partial charge in [0.25, 0.3) is 0 Å². The van der Waals surface area contributed by atoms with Crippen LogP contribution in [0.2, 0.25) is 0 Å². The third-order valence-corrected chi connectivity index (χ3v) is 3.24. The Hall–Kier alpha value is -0.930. The van der Waals surface area contributed by atoms with E-state index in [-0.39, 0.29) is 5.82 Å². The summed E-state index contributed by atoms with van der Waals surface area (Å²) in [7, 11) is 0. The molecule has 1 aliphatic heterocycles. The molecule has 1 saturated heterocycles. The van der Waals surface area contributed by atoms with Gasteiger partial charge in [-0.05, 0) is 31.0 Å². The van der Waals surface area contributed by atoms with Gasteiger partial charge in [0.1, 0.15) is 5.82 Å². The molecule has 0 radical (unpaired) electrons. The fourth-order valence-corrected chi connectivity index (χ4v) is 2.14. The fourth-order valence-electron chi connectivity index (χ4n) is 2.14. The van der Waals surface area contributed by atoms with Gasteiger partial charge < -0.3 is 5.32 Å². The van der Waals surface area contributed by atoms with Crippen LogP contribution in [0.4, 0.5) is 4.39 Å². The molecule has 0 spiro atoms. The molecule has 1 atom stereocenters. The van der Waals surface area contributed by atoms with Crippen LogP contribution in [0.25, 0.3) is 0 Å². The second-order valence-corrected chi connectivity index (χ2v) is 4.47. The molecule has 0 saturated carbocycles. The molecular weight excluding hydrogens is 203 g/mol. The smallest absolute Gasteiger partial charge is 0.123 e. The Morgan fingerprint density at radius 2 is 2.12 bits per heavy atom. The van der Waals surface area contributed by atoms with Crippen molar-refractivity contribution in [2.45, 2.75) is 19.4 Å². The molecule has 0 bridgehead atoms. The molecule has 16 heavy (non-hydrogen) atoms. The Kier molecular flexibility index (Phi) is 3.91. The average Bonchev–Trinajstić information content (AvgIpc) is 2.30. The lowest BCUT2D eigenvalue weighted by Crippen LogP contribution is -2.50. The number of nitrogens with zero attached hydrogens (tertiary/aromatic N) is 1. The summed E-state index contributed by atoms with van der Waals surface area (Å²) in [6.07, 6.45) is 1.00. The first-order valence-corrected chi connectivity index (χ1v) is 5.95. The quantitative estimate of drug-likeness (QED) is 0.836. The zero-order valence-corrected chi connectivity index (χ0v) is 9.75. The first-order chi connectivity index (χ1) is 7.75. The topological polar surface area (TPSA) is 15.3 Å². The molecule has 2 rings (SSSR count). The zero-order chi connectivity index (χ0) is 11.4. The largest absolute Gasteiger partial charge is 0.314 e. The van der Waals surface area contributed by atoms with Crippen molar-refractivity contribution < 1.29 is 4.39 Å². The highest BCUT2D eigenvalue weighted by Crippen LogP contribution is 2.07. The molecule has 1 heterocycles. The average molecular weight is 222 g/mol. The number of piperazine rings is 1. The first-order valence-electron chi connectivity index (χ1n) is 5.95. The maximum Gasteiger partial charge on any atom is 0.123 e. The van der Waals surface area contributed by atoms with Gasteiger partial charge in [-0.3, -0.25) is 4.90 Å². The minimum absolute atomic E-state index is 0.153. The highest BCUT2D eigenvalue weighted by molar-refractivity contribution is 5.16. The maximum atomic E-state index is 12.7. The highest BCUT2D eigenvalue weighted by Gasteiger charge is 2.16. The molecular formula is C13H19FN2. The van der Waals surface area contributed by atoms with Crippen molar-refractivity contribution in [2.75, 3.05) is 26.2 Å². The van der Waals surface area contributed by atoms with Crippen molar-refractivity contribution in [1.29, 1.82) is 0 Å². The van der Waals surface area contributed by atoms with E-state index in [1.165, 1.54) is 17.7 Å². The Labute approximate surface area is 96.5 Å². The van der Waals surface area contributed by atoms with Crippen molar-refractivity contribution >= 4 is 0 Å². The standard InChI is InChI=1S/C13H19FN2/c1-11-10-15-7-9-16(11)8-6-12-2-4-13(14)5-3-12/h2-5,11,15H,6-10H2,1H3. The van der Waals surface area contributed by atoms with Gasteiger partial charge in [-0.2, -0.15) is 0 Å². The highest BCUT2D eigenvalue weighted by atomic mass is 19.1. The first kappa shape index (κ1) is 11.6. The van der Waals surface area contributed by atoms with Crippen LogP contribution in [0.1, 0.15) is 12.5 Å². The lowest BCUT2D eigenvalue weighted by atomic mass is 10.1. The summed E-state index contributed by atoms with van der Waals surface area (Å²) in [6.45, 7) is 6.57. The van der Waals surface area contributed by atoms with Crippen molar-refractivity contribution in [2.24, 2.45) is 0 Å². The summed E-state index contributed by atoms with van der Waals surface area (Å²) in [5.41, 5.74) is 1.21. The van der Waals surface area contributed by atoms with E-state index < -0.39 is 0 Å². The van der Waals surface area contributed by atoms with Crippen LogP contribution in [0, 0.1) is 5.82 Å². The van der Waals surface area contributed by atoms with Gasteiger partial charge >= 0.3 is 0 Å². The van der Waals surface area contributed by atoms with E-state index >= 15 is 0 Å². The third-order valence-electron chi connectivity index (χ3n) is 3.24. The Morgan fingerprint density at radius 1 is 1.38 bits per heavy atom. The molecule has 0 amide bonds. The van der Waals surface area contributed by atoms with Gasteiger partial charge in [-0.25, -0.2) is 4.39 Å². The molecule has 88 valence electrons. The van der Waals surface area contributed by atoms with Gasteiger partial charge in [0.05, 0.1) is 0 Å². The van der Waals surface area contributed by atoms with Crippen LogP contribution in [-0.2, 0) is 6.42 Å². The maximum absolute atomic E-state index is 12.7. The summed E-state index contributed by atoms with van der Waals surface area (Å²) in [5.74, 6) is -0.153. The number of hydrogen-bond acceptors (Lipinski definition) is 2. The summed E-state index contributed by atoms with van der Waals surface area (Å²) < 4.78 is 12.7. The molecule has 1 aromatic carbocycles. The second kappa shape index (κ2) is 5.41. The molecule has 1 fully saturated rings. The second-order valence-electron chi connectivity index (χ2n) is 4.47. The van der Waals surface area contributed by atoms with Crippen molar-refractivity contribution in [3.8, 4) is 0 Å². The summed E-state index contributed by atoms with van der Waals surface area (Å²) >= 11 is 0. The molecule has 0 aliphatic carbocycles. The summed E-state index contributed by atoms with van der Waals surface area (Å²) in [6, 6.07) is 7.44. The van der Waals surface area contributed by atoms with Crippen molar-refractivity contribution in [3.05, 3.63) is 35.6 Å². The summed E-state index contributed by atoms with van der Waals surface area (Å²) in [5, 5.41) is 3.38. The molecule has 1 unspecified atom stereocenters. The molecule has 3 heteroatoms. The minimum atomic E-state index is -0.153. The predicted molar refractivity (Wildman–Crippen MR) is 64.0 cm³/mol. The minimum Gasteiger partial charge on any atom is -0.314 e. The van der Waals surface area contributed by atoms with E-state index in [2.05, 4.69) is 17.1 Å². The van der Waals surface area contributed by atoms with Gasteiger partial charge in [-0.15, -0.1) is 0 Å². The van der Waals surface area contributed by atoms with Crippen molar-refractivity contribution in [3.63, 3.8) is 0 Å². The van der Waals surface area contributed by atoms with E-state index in [1.807, 2.05) is 12.1 Å².